The first kappa shape index (κ1) is 13.0. The van der Waals surface area contributed by atoms with Gasteiger partial charge in [0.05, 0.1) is 6.17 Å². The largest absolute Gasteiger partial charge is 0.328 e. The van der Waals surface area contributed by atoms with Crippen LogP contribution >= 0.6 is 0 Å². The Kier molecular flexibility index (Phi) is 3.15. The second kappa shape index (κ2) is 4.35. The molecule has 1 heterocycles. The van der Waals surface area contributed by atoms with E-state index in [0.717, 1.165) is 5.56 Å². The summed E-state index contributed by atoms with van der Waals surface area (Å²) in [6, 6.07) is 5.71. The number of carbonyl (C=O) groups is 1. The van der Waals surface area contributed by atoms with Gasteiger partial charge in [0.1, 0.15) is 11.9 Å². The number of hydrogen-bond acceptors (Lipinski definition) is 2. The molecule has 0 radical (unpaired) electrons. The molecule has 0 spiro atoms. The van der Waals surface area contributed by atoms with Gasteiger partial charge in [0.2, 0.25) is 5.91 Å². The van der Waals surface area contributed by atoms with Gasteiger partial charge in [-0.05, 0) is 23.1 Å². The number of nitrogens with zero attached hydrogens (tertiary/aromatic N) is 1. The van der Waals surface area contributed by atoms with Crippen LogP contribution in [0.5, 0.6) is 0 Å². The number of likely N-dealkylation sites (N-methyl/N-ethyl adjacent to an activating group) is 1. The molecule has 1 aromatic rings. The summed E-state index contributed by atoms with van der Waals surface area (Å²) >= 11 is 0. The molecular formula is C14H19FN2O. The normalized spacial score (nSPS) is 24.7. The van der Waals surface area contributed by atoms with Gasteiger partial charge < -0.3 is 4.90 Å². The van der Waals surface area contributed by atoms with E-state index in [1.807, 2.05) is 0 Å². The SMILES string of the molecule is CN1C(=O)C(c2ccc(F)cc2)N[C@H]1C(C)(C)C. The third-order valence-corrected chi connectivity index (χ3v) is 3.33. The van der Waals surface area contributed by atoms with Crippen molar-refractivity contribution in [1.29, 1.82) is 0 Å². The van der Waals surface area contributed by atoms with Crippen LogP contribution in [0.25, 0.3) is 0 Å². The minimum atomic E-state index is -0.375. The van der Waals surface area contributed by atoms with E-state index in [-0.39, 0.29) is 29.3 Å². The zero-order valence-corrected chi connectivity index (χ0v) is 11.2. The van der Waals surface area contributed by atoms with E-state index in [4.69, 9.17) is 0 Å². The standard InChI is InChI=1S/C14H19FN2O/c1-14(2,3)13-16-11(12(18)17(13)4)9-5-7-10(15)8-6-9/h5-8,11,13,16H,1-4H3/t11?,13-/m1/s1. The molecule has 1 aromatic carbocycles. The van der Waals surface area contributed by atoms with Crippen LogP contribution in [0.3, 0.4) is 0 Å². The smallest absolute Gasteiger partial charge is 0.245 e. The summed E-state index contributed by atoms with van der Waals surface area (Å²) < 4.78 is 12.9. The Labute approximate surface area is 107 Å². The van der Waals surface area contributed by atoms with Crippen LogP contribution < -0.4 is 5.32 Å². The van der Waals surface area contributed by atoms with Gasteiger partial charge in [-0.2, -0.15) is 0 Å². The maximum Gasteiger partial charge on any atom is 0.245 e. The lowest BCUT2D eigenvalue weighted by molar-refractivity contribution is -0.129. The lowest BCUT2D eigenvalue weighted by atomic mass is 9.92. The first-order valence-electron chi connectivity index (χ1n) is 6.09. The molecule has 18 heavy (non-hydrogen) atoms. The van der Waals surface area contributed by atoms with Crippen molar-refractivity contribution in [2.45, 2.75) is 33.0 Å². The summed E-state index contributed by atoms with van der Waals surface area (Å²) in [6.45, 7) is 6.25. The molecule has 1 fully saturated rings. The van der Waals surface area contributed by atoms with Crippen molar-refractivity contribution in [1.82, 2.24) is 10.2 Å². The molecule has 0 saturated carbocycles. The lowest BCUT2D eigenvalue weighted by Crippen LogP contribution is -2.44. The van der Waals surface area contributed by atoms with Crippen molar-refractivity contribution in [2.75, 3.05) is 7.05 Å². The highest BCUT2D eigenvalue weighted by atomic mass is 19.1. The molecule has 4 heteroatoms. The Morgan fingerprint density at radius 1 is 1.22 bits per heavy atom. The van der Waals surface area contributed by atoms with Crippen LogP contribution in [0.15, 0.2) is 24.3 Å². The van der Waals surface area contributed by atoms with Gasteiger partial charge >= 0.3 is 0 Å². The second-order valence-corrected chi connectivity index (χ2v) is 5.87. The molecule has 0 bridgehead atoms. The fraction of sp³-hybridized carbons (Fsp3) is 0.500. The molecule has 1 aliphatic rings. The Bertz CT molecular complexity index is 450. The Hall–Kier alpha value is -1.42. The molecule has 1 amide bonds. The summed E-state index contributed by atoms with van der Waals surface area (Å²) in [6.07, 6.45) is -0.0138. The fourth-order valence-corrected chi connectivity index (χ4v) is 2.40. The van der Waals surface area contributed by atoms with Crippen LogP contribution in [-0.4, -0.2) is 24.0 Å². The van der Waals surface area contributed by atoms with Crippen LogP contribution in [0.4, 0.5) is 4.39 Å². The fourth-order valence-electron chi connectivity index (χ4n) is 2.40. The average Bonchev–Trinajstić information content (AvgIpc) is 2.57. The molecule has 0 aromatic heterocycles. The van der Waals surface area contributed by atoms with Crippen molar-refractivity contribution < 1.29 is 9.18 Å². The quantitative estimate of drug-likeness (QED) is 0.829. The van der Waals surface area contributed by atoms with E-state index < -0.39 is 0 Å². The number of nitrogens with one attached hydrogen (secondary N) is 1. The van der Waals surface area contributed by atoms with Crippen LogP contribution in [0, 0.1) is 11.2 Å². The zero-order valence-electron chi connectivity index (χ0n) is 11.2. The lowest BCUT2D eigenvalue weighted by Gasteiger charge is -2.32. The highest BCUT2D eigenvalue weighted by Gasteiger charge is 2.42. The number of benzene rings is 1. The summed E-state index contributed by atoms with van der Waals surface area (Å²) in [4.78, 5) is 13.9. The van der Waals surface area contributed by atoms with Gasteiger partial charge in [-0.15, -0.1) is 0 Å². The molecule has 2 atom stereocenters. The van der Waals surface area contributed by atoms with E-state index in [2.05, 4.69) is 26.1 Å². The molecule has 98 valence electrons. The zero-order chi connectivity index (χ0) is 13.5. The van der Waals surface area contributed by atoms with Gasteiger partial charge in [-0.25, -0.2) is 4.39 Å². The van der Waals surface area contributed by atoms with Gasteiger partial charge in [0.25, 0.3) is 0 Å². The highest BCUT2D eigenvalue weighted by Crippen LogP contribution is 2.31. The molecule has 2 rings (SSSR count). The summed E-state index contributed by atoms with van der Waals surface area (Å²) in [5, 5.41) is 3.32. The second-order valence-electron chi connectivity index (χ2n) is 5.87. The van der Waals surface area contributed by atoms with Crippen LogP contribution in [0.2, 0.25) is 0 Å². The molecule has 1 unspecified atom stereocenters. The molecule has 1 saturated heterocycles. The Morgan fingerprint density at radius 3 is 2.22 bits per heavy atom. The maximum atomic E-state index is 12.9. The third kappa shape index (κ3) is 2.25. The number of hydrogen-bond donors (Lipinski definition) is 1. The molecular weight excluding hydrogens is 231 g/mol. The molecule has 1 aliphatic heterocycles. The van der Waals surface area contributed by atoms with Gasteiger partial charge in [0.15, 0.2) is 0 Å². The van der Waals surface area contributed by atoms with E-state index >= 15 is 0 Å². The Balaban J connectivity index is 2.26. The summed E-state index contributed by atoms with van der Waals surface area (Å²) in [5.74, 6) is -0.258. The maximum absolute atomic E-state index is 12.9. The molecule has 1 N–H and O–H groups in total. The van der Waals surface area contributed by atoms with Crippen molar-refractivity contribution in [3.8, 4) is 0 Å². The summed E-state index contributed by atoms with van der Waals surface area (Å²) in [5.41, 5.74) is 0.763. The Morgan fingerprint density at radius 2 is 1.78 bits per heavy atom. The topological polar surface area (TPSA) is 32.3 Å². The van der Waals surface area contributed by atoms with Crippen LogP contribution in [-0.2, 0) is 4.79 Å². The molecule has 3 nitrogen and oxygen atoms in total. The molecule has 0 aliphatic carbocycles. The minimum absolute atomic E-state index is 0.0138. The van der Waals surface area contributed by atoms with E-state index in [9.17, 15) is 9.18 Å². The minimum Gasteiger partial charge on any atom is -0.328 e. The first-order chi connectivity index (χ1) is 8.30. The average molecular weight is 250 g/mol. The van der Waals surface area contributed by atoms with Crippen molar-refractivity contribution in [3.05, 3.63) is 35.6 Å². The highest BCUT2D eigenvalue weighted by molar-refractivity contribution is 5.85. The van der Waals surface area contributed by atoms with Gasteiger partial charge in [0, 0.05) is 7.05 Å². The van der Waals surface area contributed by atoms with E-state index in [1.165, 1.54) is 12.1 Å². The van der Waals surface area contributed by atoms with Crippen LogP contribution in [0.1, 0.15) is 32.4 Å². The first-order valence-corrected chi connectivity index (χ1v) is 6.09. The van der Waals surface area contributed by atoms with E-state index in [0.29, 0.717) is 0 Å². The van der Waals surface area contributed by atoms with Crippen molar-refractivity contribution in [3.63, 3.8) is 0 Å². The summed E-state index contributed by atoms with van der Waals surface area (Å²) in [7, 11) is 1.80. The number of carbonyl (C=O) groups excluding carboxylic acids is 1. The van der Waals surface area contributed by atoms with Gasteiger partial charge in [-0.3, -0.25) is 10.1 Å². The number of halogens is 1. The van der Waals surface area contributed by atoms with Crippen molar-refractivity contribution >= 4 is 5.91 Å². The van der Waals surface area contributed by atoms with Crippen molar-refractivity contribution in [2.24, 2.45) is 5.41 Å². The van der Waals surface area contributed by atoms with E-state index in [1.54, 1.807) is 24.1 Å². The predicted molar refractivity (Wildman–Crippen MR) is 68.3 cm³/mol. The predicted octanol–water partition coefficient (Wildman–Crippen LogP) is 2.30. The third-order valence-electron chi connectivity index (χ3n) is 3.33. The monoisotopic (exact) mass is 250 g/mol. The number of rotatable bonds is 1. The number of amides is 1. The van der Waals surface area contributed by atoms with Gasteiger partial charge in [-0.1, -0.05) is 32.9 Å².